The summed E-state index contributed by atoms with van der Waals surface area (Å²) in [6.07, 6.45) is 0.708. The first kappa shape index (κ1) is 21.3. The Bertz CT molecular complexity index is 1280. The number of nitrogens with one attached hydrogen (secondary N) is 1. The summed E-state index contributed by atoms with van der Waals surface area (Å²) in [6, 6.07) is 24.1. The average Bonchev–Trinajstić information content (AvgIpc) is 2.85. The summed E-state index contributed by atoms with van der Waals surface area (Å²) >= 11 is 0. The van der Waals surface area contributed by atoms with E-state index in [2.05, 4.69) is 10.4 Å². The van der Waals surface area contributed by atoms with Crippen molar-refractivity contribution in [2.45, 2.75) is 25.9 Å². The molecule has 0 spiro atoms. The number of nitrogens with zero attached hydrogens (tertiary/aromatic N) is 2. The number of rotatable bonds is 7. The third-order valence-corrected chi connectivity index (χ3v) is 5.49. The molecule has 1 amide bonds. The lowest BCUT2D eigenvalue weighted by Gasteiger charge is -2.18. The summed E-state index contributed by atoms with van der Waals surface area (Å²) in [7, 11) is 1.62. The van der Waals surface area contributed by atoms with Crippen LogP contribution in [0.15, 0.2) is 83.7 Å². The van der Waals surface area contributed by atoms with Gasteiger partial charge in [0.2, 0.25) is 0 Å². The fourth-order valence-electron chi connectivity index (χ4n) is 3.75. The normalized spacial score (nSPS) is 11.8. The minimum absolute atomic E-state index is 0.191. The van der Waals surface area contributed by atoms with Crippen LogP contribution in [-0.2, 0) is 6.54 Å². The van der Waals surface area contributed by atoms with Gasteiger partial charge in [0.25, 0.3) is 11.5 Å². The first-order chi connectivity index (χ1) is 15.6. The van der Waals surface area contributed by atoms with E-state index in [-0.39, 0.29) is 23.2 Å². The van der Waals surface area contributed by atoms with Gasteiger partial charge in [-0.25, -0.2) is 4.68 Å². The number of ether oxygens (including phenoxy) is 1. The van der Waals surface area contributed by atoms with Crippen LogP contribution in [0.1, 0.15) is 41.0 Å². The van der Waals surface area contributed by atoms with Crippen molar-refractivity contribution < 1.29 is 9.53 Å². The van der Waals surface area contributed by atoms with E-state index >= 15 is 0 Å². The second-order valence-corrected chi connectivity index (χ2v) is 7.55. The van der Waals surface area contributed by atoms with E-state index in [9.17, 15) is 9.59 Å². The van der Waals surface area contributed by atoms with Gasteiger partial charge in [-0.3, -0.25) is 9.59 Å². The Morgan fingerprint density at radius 2 is 1.62 bits per heavy atom. The summed E-state index contributed by atoms with van der Waals surface area (Å²) < 4.78 is 6.59. The maximum Gasteiger partial charge on any atom is 0.274 e. The van der Waals surface area contributed by atoms with Gasteiger partial charge in [0.15, 0.2) is 5.69 Å². The van der Waals surface area contributed by atoms with Crippen LogP contribution in [0, 0.1) is 0 Å². The lowest BCUT2D eigenvalue weighted by molar-refractivity contribution is 0.0930. The fraction of sp³-hybridized carbons (Fsp3) is 0.192. The van der Waals surface area contributed by atoms with E-state index in [1.165, 1.54) is 4.68 Å². The number of benzene rings is 3. The molecule has 1 unspecified atom stereocenters. The van der Waals surface area contributed by atoms with Gasteiger partial charge in [0.05, 0.1) is 25.1 Å². The Kier molecular flexibility index (Phi) is 6.31. The Morgan fingerprint density at radius 3 is 2.28 bits per heavy atom. The molecule has 32 heavy (non-hydrogen) atoms. The maximum absolute atomic E-state index is 13.3. The van der Waals surface area contributed by atoms with Crippen LogP contribution < -0.4 is 15.6 Å². The largest absolute Gasteiger partial charge is 0.497 e. The van der Waals surface area contributed by atoms with Crippen molar-refractivity contribution in [3.63, 3.8) is 0 Å². The first-order valence-corrected chi connectivity index (χ1v) is 10.6. The number of amides is 1. The van der Waals surface area contributed by atoms with Crippen molar-refractivity contribution in [2.75, 3.05) is 7.11 Å². The molecule has 0 bridgehead atoms. The zero-order valence-corrected chi connectivity index (χ0v) is 18.1. The summed E-state index contributed by atoms with van der Waals surface area (Å²) in [5.41, 5.74) is 1.93. The highest BCUT2D eigenvalue weighted by molar-refractivity contribution is 6.04. The van der Waals surface area contributed by atoms with E-state index in [1.54, 1.807) is 25.3 Å². The van der Waals surface area contributed by atoms with E-state index in [4.69, 9.17) is 4.74 Å². The van der Waals surface area contributed by atoms with Crippen LogP contribution in [0.4, 0.5) is 0 Å². The van der Waals surface area contributed by atoms with Crippen LogP contribution in [0.5, 0.6) is 5.75 Å². The highest BCUT2D eigenvalue weighted by Gasteiger charge is 2.20. The van der Waals surface area contributed by atoms with E-state index in [0.29, 0.717) is 23.7 Å². The molecule has 0 aliphatic rings. The number of aromatic nitrogens is 2. The SMILES string of the molecule is CCC(NC(=O)c1nn(Cc2ccccc2)c(=O)c2ccccc12)c1ccc(OC)cc1. The molecule has 1 heterocycles. The second kappa shape index (κ2) is 9.47. The molecule has 1 aromatic heterocycles. The molecule has 162 valence electrons. The number of fused-ring (bicyclic) bond motifs is 1. The molecule has 0 fully saturated rings. The van der Waals surface area contributed by atoms with Gasteiger partial charge in [0, 0.05) is 5.39 Å². The summed E-state index contributed by atoms with van der Waals surface area (Å²) in [4.78, 5) is 26.4. The van der Waals surface area contributed by atoms with Gasteiger partial charge in [-0.15, -0.1) is 0 Å². The van der Waals surface area contributed by atoms with Crippen LogP contribution in [0.3, 0.4) is 0 Å². The fourth-order valence-corrected chi connectivity index (χ4v) is 3.75. The van der Waals surface area contributed by atoms with Gasteiger partial charge in [-0.05, 0) is 35.7 Å². The molecule has 3 aromatic carbocycles. The predicted octanol–water partition coefficient (Wildman–Crippen LogP) is 4.33. The maximum atomic E-state index is 13.3. The summed E-state index contributed by atoms with van der Waals surface area (Å²) in [5, 5.41) is 8.58. The highest BCUT2D eigenvalue weighted by Crippen LogP contribution is 2.21. The van der Waals surface area contributed by atoms with E-state index in [1.807, 2.05) is 67.6 Å². The molecule has 1 atom stereocenters. The van der Waals surface area contributed by atoms with Crippen molar-refractivity contribution in [2.24, 2.45) is 0 Å². The van der Waals surface area contributed by atoms with Crippen LogP contribution in [0.2, 0.25) is 0 Å². The number of carbonyl (C=O) groups excluding carboxylic acids is 1. The Morgan fingerprint density at radius 1 is 0.969 bits per heavy atom. The minimum Gasteiger partial charge on any atom is -0.497 e. The molecular weight excluding hydrogens is 402 g/mol. The van der Waals surface area contributed by atoms with Gasteiger partial charge in [0.1, 0.15) is 5.75 Å². The van der Waals surface area contributed by atoms with Crippen molar-refractivity contribution in [1.29, 1.82) is 0 Å². The van der Waals surface area contributed by atoms with Gasteiger partial charge < -0.3 is 10.1 Å². The Balaban J connectivity index is 1.71. The zero-order valence-electron chi connectivity index (χ0n) is 18.1. The van der Waals surface area contributed by atoms with Gasteiger partial charge in [-0.1, -0.05) is 67.6 Å². The van der Waals surface area contributed by atoms with Crippen molar-refractivity contribution >= 4 is 16.7 Å². The Labute approximate surface area is 186 Å². The van der Waals surface area contributed by atoms with E-state index in [0.717, 1.165) is 16.9 Å². The van der Waals surface area contributed by atoms with Crippen LogP contribution in [-0.4, -0.2) is 22.8 Å². The van der Waals surface area contributed by atoms with Crippen molar-refractivity contribution in [3.8, 4) is 5.75 Å². The molecule has 0 aliphatic heterocycles. The van der Waals surface area contributed by atoms with E-state index < -0.39 is 0 Å². The molecule has 4 rings (SSSR count). The lowest BCUT2D eigenvalue weighted by atomic mass is 10.0. The number of hydrogen-bond donors (Lipinski definition) is 1. The van der Waals surface area contributed by atoms with Gasteiger partial charge in [-0.2, -0.15) is 5.10 Å². The molecule has 6 heteroatoms. The minimum atomic E-state index is -0.314. The quantitative estimate of drug-likeness (QED) is 0.476. The molecular formula is C26H25N3O3. The molecule has 0 saturated heterocycles. The molecule has 0 aliphatic carbocycles. The highest BCUT2D eigenvalue weighted by atomic mass is 16.5. The number of carbonyl (C=O) groups is 1. The molecule has 4 aromatic rings. The third-order valence-electron chi connectivity index (χ3n) is 5.49. The summed E-state index contributed by atoms with van der Waals surface area (Å²) in [5.74, 6) is 0.446. The topological polar surface area (TPSA) is 73.2 Å². The smallest absolute Gasteiger partial charge is 0.274 e. The monoisotopic (exact) mass is 427 g/mol. The molecule has 6 nitrogen and oxygen atoms in total. The van der Waals surface area contributed by atoms with Gasteiger partial charge >= 0.3 is 0 Å². The summed E-state index contributed by atoms with van der Waals surface area (Å²) in [6.45, 7) is 2.30. The Hall–Kier alpha value is -3.93. The van der Waals surface area contributed by atoms with Crippen LogP contribution >= 0.6 is 0 Å². The third kappa shape index (κ3) is 4.39. The standard InChI is InChI=1S/C26H25N3O3/c1-3-23(19-13-15-20(32-2)16-14-19)27-25(30)24-21-11-7-8-12-22(21)26(31)29(28-24)17-18-9-5-4-6-10-18/h4-16,23H,3,17H2,1-2H3,(H,27,30). The van der Waals surface area contributed by atoms with Crippen molar-refractivity contribution in [3.05, 3.63) is 106 Å². The number of hydrogen-bond acceptors (Lipinski definition) is 4. The first-order valence-electron chi connectivity index (χ1n) is 10.6. The average molecular weight is 428 g/mol. The van der Waals surface area contributed by atoms with Crippen molar-refractivity contribution in [1.82, 2.24) is 15.1 Å². The zero-order chi connectivity index (χ0) is 22.5. The second-order valence-electron chi connectivity index (χ2n) is 7.55. The lowest BCUT2D eigenvalue weighted by Crippen LogP contribution is -2.33. The van der Waals surface area contributed by atoms with Crippen LogP contribution in [0.25, 0.3) is 10.8 Å². The molecule has 0 saturated carbocycles. The molecule has 0 radical (unpaired) electrons. The number of methoxy groups -OCH3 is 1. The predicted molar refractivity (Wildman–Crippen MR) is 125 cm³/mol. The molecule has 1 N–H and O–H groups in total.